The number of nitrogens with one attached hydrogen (secondary N) is 1. The minimum absolute atomic E-state index is 0.233. The SMILES string of the molecule is Cc1cc(F)cc(-c2noc(C(C)C3CNC3)n2)c1. The van der Waals surface area contributed by atoms with Crippen molar-refractivity contribution >= 4 is 0 Å². The van der Waals surface area contributed by atoms with Crippen LogP contribution in [0.4, 0.5) is 4.39 Å². The van der Waals surface area contributed by atoms with Gasteiger partial charge in [-0.05, 0) is 49.7 Å². The van der Waals surface area contributed by atoms with Crippen molar-refractivity contribution in [1.29, 1.82) is 0 Å². The predicted molar refractivity (Wildman–Crippen MR) is 69.2 cm³/mol. The van der Waals surface area contributed by atoms with E-state index in [1.165, 1.54) is 12.1 Å². The molecule has 1 aliphatic heterocycles. The third kappa shape index (κ3) is 2.38. The van der Waals surface area contributed by atoms with E-state index in [9.17, 15) is 4.39 Å². The lowest BCUT2D eigenvalue weighted by Gasteiger charge is -2.30. The van der Waals surface area contributed by atoms with Crippen LogP contribution in [0.2, 0.25) is 0 Å². The molecule has 0 aliphatic carbocycles. The maximum absolute atomic E-state index is 13.4. The van der Waals surface area contributed by atoms with Crippen LogP contribution in [0.25, 0.3) is 11.4 Å². The fraction of sp³-hybridized carbons (Fsp3) is 0.429. The third-order valence-electron chi connectivity index (χ3n) is 3.65. The topological polar surface area (TPSA) is 51.0 Å². The summed E-state index contributed by atoms with van der Waals surface area (Å²) in [7, 11) is 0. The zero-order valence-electron chi connectivity index (χ0n) is 11.0. The van der Waals surface area contributed by atoms with Gasteiger partial charge in [-0.1, -0.05) is 12.1 Å². The molecule has 1 aromatic carbocycles. The summed E-state index contributed by atoms with van der Waals surface area (Å²) in [6.45, 7) is 5.89. The Bertz CT molecular complexity index is 572. The first-order chi connectivity index (χ1) is 9.13. The summed E-state index contributed by atoms with van der Waals surface area (Å²) < 4.78 is 18.7. The Kier molecular flexibility index (Phi) is 3.06. The van der Waals surface area contributed by atoms with Crippen LogP contribution in [0.3, 0.4) is 0 Å². The van der Waals surface area contributed by atoms with Crippen molar-refractivity contribution < 1.29 is 8.91 Å². The molecule has 1 N–H and O–H groups in total. The van der Waals surface area contributed by atoms with Crippen LogP contribution in [0, 0.1) is 18.7 Å². The molecule has 1 atom stereocenters. The Labute approximate surface area is 111 Å². The molecule has 1 saturated heterocycles. The molecule has 1 aromatic heterocycles. The molecule has 0 saturated carbocycles. The lowest BCUT2D eigenvalue weighted by atomic mass is 9.89. The summed E-state index contributed by atoms with van der Waals surface area (Å²) in [6.07, 6.45) is 0. The van der Waals surface area contributed by atoms with Crippen LogP contribution in [-0.2, 0) is 0 Å². The number of aromatic nitrogens is 2. The average molecular weight is 261 g/mol. The van der Waals surface area contributed by atoms with E-state index < -0.39 is 0 Å². The van der Waals surface area contributed by atoms with Crippen molar-refractivity contribution in [2.24, 2.45) is 5.92 Å². The van der Waals surface area contributed by atoms with Gasteiger partial charge in [-0.15, -0.1) is 0 Å². The number of aryl methyl sites for hydroxylation is 1. The van der Waals surface area contributed by atoms with Crippen LogP contribution in [0.1, 0.15) is 24.3 Å². The second kappa shape index (κ2) is 4.74. The smallest absolute Gasteiger partial charge is 0.230 e. The molecule has 0 radical (unpaired) electrons. The van der Waals surface area contributed by atoms with Gasteiger partial charge in [0.05, 0.1) is 0 Å². The van der Waals surface area contributed by atoms with Crippen molar-refractivity contribution in [2.45, 2.75) is 19.8 Å². The first-order valence-electron chi connectivity index (χ1n) is 6.45. The van der Waals surface area contributed by atoms with Gasteiger partial charge >= 0.3 is 0 Å². The van der Waals surface area contributed by atoms with E-state index in [-0.39, 0.29) is 11.7 Å². The van der Waals surface area contributed by atoms with Crippen molar-refractivity contribution in [1.82, 2.24) is 15.5 Å². The molecule has 3 rings (SSSR count). The number of benzene rings is 1. The van der Waals surface area contributed by atoms with Crippen LogP contribution in [0.15, 0.2) is 22.7 Å². The molecular formula is C14H16FN3O. The number of rotatable bonds is 3. The number of hydrogen-bond acceptors (Lipinski definition) is 4. The molecular weight excluding hydrogens is 245 g/mol. The highest BCUT2D eigenvalue weighted by Gasteiger charge is 2.28. The van der Waals surface area contributed by atoms with E-state index in [1.54, 1.807) is 0 Å². The maximum atomic E-state index is 13.4. The van der Waals surface area contributed by atoms with Gasteiger partial charge in [0.1, 0.15) is 5.82 Å². The summed E-state index contributed by atoms with van der Waals surface area (Å²) in [6, 6.07) is 4.76. The molecule has 4 nitrogen and oxygen atoms in total. The van der Waals surface area contributed by atoms with Crippen LogP contribution in [-0.4, -0.2) is 23.2 Å². The molecule has 5 heteroatoms. The first kappa shape index (κ1) is 12.3. The molecule has 1 aliphatic rings. The van der Waals surface area contributed by atoms with Gasteiger partial charge < -0.3 is 9.84 Å². The quantitative estimate of drug-likeness (QED) is 0.922. The summed E-state index contributed by atoms with van der Waals surface area (Å²) in [5.41, 5.74) is 1.50. The molecule has 19 heavy (non-hydrogen) atoms. The van der Waals surface area contributed by atoms with Crippen LogP contribution < -0.4 is 5.32 Å². The number of halogens is 1. The molecule has 2 aromatic rings. The minimum atomic E-state index is -0.280. The molecule has 0 spiro atoms. The maximum Gasteiger partial charge on any atom is 0.230 e. The minimum Gasteiger partial charge on any atom is -0.339 e. The predicted octanol–water partition coefficient (Wildman–Crippen LogP) is 2.51. The highest BCUT2D eigenvalue weighted by Crippen LogP contribution is 2.27. The molecule has 0 amide bonds. The van der Waals surface area contributed by atoms with Crippen molar-refractivity contribution in [3.05, 3.63) is 35.5 Å². The second-order valence-electron chi connectivity index (χ2n) is 5.18. The largest absolute Gasteiger partial charge is 0.339 e. The van der Waals surface area contributed by atoms with Gasteiger partial charge in [0.15, 0.2) is 0 Å². The third-order valence-corrected chi connectivity index (χ3v) is 3.65. The Hall–Kier alpha value is -1.75. The monoisotopic (exact) mass is 261 g/mol. The molecule has 2 heterocycles. The van der Waals surface area contributed by atoms with E-state index in [4.69, 9.17) is 4.52 Å². The summed E-state index contributed by atoms with van der Waals surface area (Å²) in [5, 5.41) is 7.18. The molecule has 1 unspecified atom stereocenters. The summed E-state index contributed by atoms with van der Waals surface area (Å²) in [5.74, 6) is 1.58. The van der Waals surface area contributed by atoms with Gasteiger partial charge in [-0.3, -0.25) is 0 Å². The second-order valence-corrected chi connectivity index (χ2v) is 5.18. The Morgan fingerprint density at radius 3 is 2.79 bits per heavy atom. The van der Waals surface area contributed by atoms with E-state index in [0.717, 1.165) is 18.7 Å². The Morgan fingerprint density at radius 2 is 2.16 bits per heavy atom. The highest BCUT2D eigenvalue weighted by molar-refractivity contribution is 5.55. The average Bonchev–Trinajstić information content (AvgIpc) is 2.74. The van der Waals surface area contributed by atoms with Crippen LogP contribution in [0.5, 0.6) is 0 Å². The van der Waals surface area contributed by atoms with Gasteiger partial charge in [0, 0.05) is 11.5 Å². The number of hydrogen-bond donors (Lipinski definition) is 1. The normalized spacial score (nSPS) is 17.2. The Morgan fingerprint density at radius 1 is 1.37 bits per heavy atom. The molecule has 100 valence electrons. The van der Waals surface area contributed by atoms with Crippen LogP contribution >= 0.6 is 0 Å². The van der Waals surface area contributed by atoms with Gasteiger partial charge in [0.25, 0.3) is 0 Å². The van der Waals surface area contributed by atoms with E-state index in [2.05, 4.69) is 22.4 Å². The first-order valence-corrected chi connectivity index (χ1v) is 6.45. The fourth-order valence-corrected chi connectivity index (χ4v) is 2.27. The van der Waals surface area contributed by atoms with E-state index >= 15 is 0 Å². The summed E-state index contributed by atoms with van der Waals surface area (Å²) >= 11 is 0. The molecule has 1 fully saturated rings. The fourth-order valence-electron chi connectivity index (χ4n) is 2.27. The zero-order chi connectivity index (χ0) is 13.4. The standard InChI is InChI=1S/C14H16FN3O/c1-8-3-10(5-12(15)4-8)13-17-14(19-18-13)9(2)11-6-16-7-11/h3-5,9,11,16H,6-7H2,1-2H3. The van der Waals surface area contributed by atoms with Gasteiger partial charge in [-0.2, -0.15) is 4.98 Å². The zero-order valence-corrected chi connectivity index (χ0v) is 11.0. The highest BCUT2D eigenvalue weighted by atomic mass is 19.1. The van der Waals surface area contributed by atoms with E-state index in [1.807, 2.05) is 13.0 Å². The van der Waals surface area contributed by atoms with Crippen molar-refractivity contribution in [2.75, 3.05) is 13.1 Å². The lowest BCUT2D eigenvalue weighted by molar-refractivity contribution is 0.252. The lowest BCUT2D eigenvalue weighted by Crippen LogP contribution is -2.44. The van der Waals surface area contributed by atoms with E-state index in [0.29, 0.717) is 23.2 Å². The Balaban J connectivity index is 1.87. The van der Waals surface area contributed by atoms with Crippen molar-refractivity contribution in [3.63, 3.8) is 0 Å². The summed E-state index contributed by atoms with van der Waals surface area (Å²) in [4.78, 5) is 4.39. The number of nitrogens with zero attached hydrogens (tertiary/aromatic N) is 2. The van der Waals surface area contributed by atoms with Gasteiger partial charge in [-0.25, -0.2) is 4.39 Å². The van der Waals surface area contributed by atoms with Gasteiger partial charge in [0.2, 0.25) is 11.7 Å². The van der Waals surface area contributed by atoms with Crippen molar-refractivity contribution in [3.8, 4) is 11.4 Å². The molecule has 0 bridgehead atoms.